The standard InChI is InChI=1S/C9H14ClN3/c10-5-3-9-7-13(12-11-9)6-4-8-1-2-8/h7-8H,1-6H2. The molecule has 0 spiro atoms. The third kappa shape index (κ3) is 2.69. The summed E-state index contributed by atoms with van der Waals surface area (Å²) in [5, 5.41) is 8.08. The number of hydrogen-bond donors (Lipinski definition) is 0. The Morgan fingerprint density at radius 2 is 2.38 bits per heavy atom. The van der Waals surface area contributed by atoms with Gasteiger partial charge in [-0.15, -0.1) is 16.7 Å². The van der Waals surface area contributed by atoms with Gasteiger partial charge in [0.2, 0.25) is 0 Å². The van der Waals surface area contributed by atoms with Crippen LogP contribution in [-0.2, 0) is 13.0 Å². The molecule has 13 heavy (non-hydrogen) atoms. The van der Waals surface area contributed by atoms with E-state index in [4.69, 9.17) is 11.6 Å². The lowest BCUT2D eigenvalue weighted by molar-refractivity contribution is 0.531. The van der Waals surface area contributed by atoms with Gasteiger partial charge in [-0.25, -0.2) is 0 Å². The first kappa shape index (κ1) is 9.00. The van der Waals surface area contributed by atoms with Crippen LogP contribution >= 0.6 is 11.6 Å². The lowest BCUT2D eigenvalue weighted by Crippen LogP contribution is -1.99. The van der Waals surface area contributed by atoms with Crippen LogP contribution in [-0.4, -0.2) is 20.9 Å². The maximum atomic E-state index is 5.61. The van der Waals surface area contributed by atoms with E-state index in [9.17, 15) is 0 Å². The first-order chi connectivity index (χ1) is 6.38. The Morgan fingerprint density at radius 1 is 1.54 bits per heavy atom. The fourth-order valence-corrected chi connectivity index (χ4v) is 1.57. The topological polar surface area (TPSA) is 30.7 Å². The minimum atomic E-state index is 0.626. The molecule has 72 valence electrons. The number of nitrogens with zero attached hydrogens (tertiary/aromatic N) is 3. The molecule has 0 unspecified atom stereocenters. The van der Waals surface area contributed by atoms with Crippen molar-refractivity contribution in [2.24, 2.45) is 5.92 Å². The Balaban J connectivity index is 1.81. The van der Waals surface area contributed by atoms with Crippen LogP contribution in [0.4, 0.5) is 0 Å². The zero-order valence-electron chi connectivity index (χ0n) is 7.62. The van der Waals surface area contributed by atoms with E-state index in [1.165, 1.54) is 19.3 Å². The Hall–Kier alpha value is -0.570. The molecule has 1 aliphatic carbocycles. The largest absolute Gasteiger partial charge is 0.252 e. The van der Waals surface area contributed by atoms with Crippen molar-refractivity contribution in [3.63, 3.8) is 0 Å². The van der Waals surface area contributed by atoms with Crippen LogP contribution in [0.15, 0.2) is 6.20 Å². The Morgan fingerprint density at radius 3 is 3.08 bits per heavy atom. The average molecular weight is 200 g/mol. The highest BCUT2D eigenvalue weighted by molar-refractivity contribution is 6.17. The van der Waals surface area contributed by atoms with Crippen molar-refractivity contribution in [1.29, 1.82) is 0 Å². The summed E-state index contributed by atoms with van der Waals surface area (Å²) in [5.41, 5.74) is 1.01. The van der Waals surface area contributed by atoms with E-state index in [2.05, 4.69) is 10.3 Å². The van der Waals surface area contributed by atoms with Crippen LogP contribution in [0.1, 0.15) is 25.0 Å². The number of halogens is 1. The van der Waals surface area contributed by atoms with Crippen LogP contribution in [0.5, 0.6) is 0 Å². The second-order valence-corrected chi connectivity index (χ2v) is 4.02. The quantitative estimate of drug-likeness (QED) is 0.678. The van der Waals surface area contributed by atoms with Gasteiger partial charge in [0.25, 0.3) is 0 Å². The maximum Gasteiger partial charge on any atom is 0.0839 e. The van der Waals surface area contributed by atoms with Crippen molar-refractivity contribution < 1.29 is 0 Å². The highest BCUT2D eigenvalue weighted by atomic mass is 35.5. The van der Waals surface area contributed by atoms with E-state index in [0.717, 1.165) is 24.6 Å². The second kappa shape index (κ2) is 4.09. The van der Waals surface area contributed by atoms with Crippen LogP contribution < -0.4 is 0 Å². The van der Waals surface area contributed by atoms with E-state index < -0.39 is 0 Å². The van der Waals surface area contributed by atoms with Gasteiger partial charge in [-0.1, -0.05) is 18.1 Å². The van der Waals surface area contributed by atoms with Crippen LogP contribution in [0.25, 0.3) is 0 Å². The van der Waals surface area contributed by atoms with Gasteiger partial charge in [0.05, 0.1) is 5.69 Å². The van der Waals surface area contributed by atoms with Gasteiger partial charge >= 0.3 is 0 Å². The van der Waals surface area contributed by atoms with E-state index in [-0.39, 0.29) is 0 Å². The first-order valence-corrected chi connectivity index (χ1v) is 5.37. The molecule has 3 nitrogen and oxygen atoms in total. The van der Waals surface area contributed by atoms with Gasteiger partial charge in [0.15, 0.2) is 0 Å². The fourth-order valence-electron chi connectivity index (χ4n) is 1.38. The molecule has 1 fully saturated rings. The molecule has 4 heteroatoms. The Bertz CT molecular complexity index is 268. The molecule has 1 heterocycles. The summed E-state index contributed by atoms with van der Waals surface area (Å²) in [5.74, 6) is 1.59. The lowest BCUT2D eigenvalue weighted by atomic mass is 10.3. The molecule has 0 aliphatic heterocycles. The third-order valence-corrected chi connectivity index (χ3v) is 2.59. The number of rotatable bonds is 5. The van der Waals surface area contributed by atoms with E-state index in [1.807, 2.05) is 10.9 Å². The molecule has 1 saturated carbocycles. The summed E-state index contributed by atoms with van der Waals surface area (Å²) in [6, 6.07) is 0. The second-order valence-electron chi connectivity index (χ2n) is 3.64. The summed E-state index contributed by atoms with van der Waals surface area (Å²) < 4.78 is 1.93. The number of alkyl halides is 1. The molecule has 0 saturated heterocycles. The maximum absolute atomic E-state index is 5.61. The van der Waals surface area contributed by atoms with Crippen LogP contribution in [0.3, 0.4) is 0 Å². The average Bonchev–Trinajstić information content (AvgIpc) is 2.85. The smallest absolute Gasteiger partial charge is 0.0839 e. The van der Waals surface area contributed by atoms with Crippen molar-refractivity contribution in [3.05, 3.63) is 11.9 Å². The van der Waals surface area contributed by atoms with Crippen molar-refractivity contribution in [2.75, 3.05) is 5.88 Å². The summed E-state index contributed by atoms with van der Waals surface area (Å²) in [6.45, 7) is 1.01. The molecule has 1 aromatic heterocycles. The van der Waals surface area contributed by atoms with Crippen molar-refractivity contribution >= 4 is 11.6 Å². The van der Waals surface area contributed by atoms with Gasteiger partial charge < -0.3 is 0 Å². The summed E-state index contributed by atoms with van der Waals surface area (Å²) >= 11 is 5.61. The first-order valence-electron chi connectivity index (χ1n) is 4.83. The molecule has 0 atom stereocenters. The van der Waals surface area contributed by atoms with E-state index in [0.29, 0.717) is 5.88 Å². The van der Waals surface area contributed by atoms with Crippen LogP contribution in [0.2, 0.25) is 0 Å². The number of hydrogen-bond acceptors (Lipinski definition) is 2. The summed E-state index contributed by atoms with van der Waals surface area (Å²) in [4.78, 5) is 0. The Labute approximate surface area is 83.1 Å². The molecule has 0 aromatic carbocycles. The predicted molar refractivity (Wildman–Crippen MR) is 51.8 cm³/mol. The number of aromatic nitrogens is 3. The molecule has 1 aromatic rings. The minimum absolute atomic E-state index is 0.626. The highest BCUT2D eigenvalue weighted by Crippen LogP contribution is 2.32. The zero-order valence-corrected chi connectivity index (χ0v) is 8.37. The highest BCUT2D eigenvalue weighted by Gasteiger charge is 2.20. The van der Waals surface area contributed by atoms with Gasteiger partial charge in [0.1, 0.15) is 0 Å². The van der Waals surface area contributed by atoms with Gasteiger partial charge in [0, 0.05) is 25.0 Å². The van der Waals surface area contributed by atoms with Gasteiger partial charge in [-0.05, 0) is 12.3 Å². The Kier molecular flexibility index (Phi) is 2.83. The van der Waals surface area contributed by atoms with Crippen molar-refractivity contribution in [1.82, 2.24) is 15.0 Å². The van der Waals surface area contributed by atoms with Gasteiger partial charge in [-0.2, -0.15) is 0 Å². The van der Waals surface area contributed by atoms with Crippen molar-refractivity contribution in [2.45, 2.75) is 32.2 Å². The van der Waals surface area contributed by atoms with Gasteiger partial charge in [-0.3, -0.25) is 4.68 Å². The summed E-state index contributed by atoms with van der Waals surface area (Å²) in [6.07, 6.45) is 6.89. The number of aryl methyl sites for hydroxylation is 2. The van der Waals surface area contributed by atoms with E-state index >= 15 is 0 Å². The predicted octanol–water partition coefficient (Wildman–Crippen LogP) is 1.86. The molecule has 0 radical (unpaired) electrons. The summed E-state index contributed by atoms with van der Waals surface area (Å²) in [7, 11) is 0. The SMILES string of the molecule is ClCCc1cn(CCC2CC2)nn1. The molecule has 2 rings (SSSR count). The molecule has 0 N–H and O–H groups in total. The third-order valence-electron chi connectivity index (χ3n) is 2.40. The van der Waals surface area contributed by atoms with Crippen LogP contribution in [0, 0.1) is 5.92 Å². The minimum Gasteiger partial charge on any atom is -0.252 e. The zero-order chi connectivity index (χ0) is 9.10. The lowest BCUT2D eigenvalue weighted by Gasteiger charge is -1.96. The molecule has 0 bridgehead atoms. The normalized spacial score (nSPS) is 16.4. The molecular weight excluding hydrogens is 186 g/mol. The molecule has 0 amide bonds. The molecular formula is C9H14ClN3. The fraction of sp³-hybridized carbons (Fsp3) is 0.778. The van der Waals surface area contributed by atoms with Crippen molar-refractivity contribution in [3.8, 4) is 0 Å². The molecule has 1 aliphatic rings. The van der Waals surface area contributed by atoms with E-state index in [1.54, 1.807) is 0 Å². The monoisotopic (exact) mass is 199 g/mol.